The molecule has 1 spiro atoms. The molecule has 2 saturated heterocycles. The van der Waals surface area contributed by atoms with E-state index in [1.807, 2.05) is 35.2 Å². The molecule has 0 bridgehead atoms. The quantitative estimate of drug-likeness (QED) is 0.820. The first-order chi connectivity index (χ1) is 13.5. The van der Waals surface area contributed by atoms with Crippen molar-refractivity contribution >= 4 is 17.5 Å². The second kappa shape index (κ2) is 7.72. The Labute approximate surface area is 163 Å². The molecule has 5 nitrogen and oxygen atoms in total. The molecule has 146 valence electrons. The van der Waals surface area contributed by atoms with Crippen LogP contribution < -0.4 is 4.90 Å². The van der Waals surface area contributed by atoms with Gasteiger partial charge in [0.05, 0.1) is 13.0 Å². The van der Waals surface area contributed by atoms with Crippen LogP contribution in [0.3, 0.4) is 0 Å². The molecule has 28 heavy (non-hydrogen) atoms. The lowest BCUT2D eigenvalue weighted by Crippen LogP contribution is -2.43. The molecule has 1 atom stereocenters. The number of amides is 2. The molecule has 2 aromatic rings. The lowest BCUT2D eigenvalue weighted by Gasteiger charge is -2.32. The first-order valence-electron chi connectivity index (χ1n) is 9.50. The van der Waals surface area contributed by atoms with Crippen LogP contribution in [0.2, 0.25) is 0 Å². The number of carbonyl (C=O) groups excluding carboxylic acids is 2. The van der Waals surface area contributed by atoms with Gasteiger partial charge in [-0.15, -0.1) is 0 Å². The molecule has 1 unspecified atom stereocenters. The van der Waals surface area contributed by atoms with Gasteiger partial charge in [0.1, 0.15) is 12.4 Å². The average Bonchev–Trinajstić information content (AvgIpc) is 3.05. The van der Waals surface area contributed by atoms with Gasteiger partial charge in [-0.25, -0.2) is 4.39 Å². The van der Waals surface area contributed by atoms with Gasteiger partial charge < -0.3 is 14.5 Å². The monoisotopic (exact) mass is 382 g/mol. The number of halogens is 1. The van der Waals surface area contributed by atoms with E-state index < -0.39 is 0 Å². The van der Waals surface area contributed by atoms with Crippen LogP contribution in [0.5, 0.6) is 0 Å². The zero-order valence-electron chi connectivity index (χ0n) is 15.6. The molecule has 0 aromatic heterocycles. The van der Waals surface area contributed by atoms with E-state index in [0.29, 0.717) is 26.2 Å². The predicted octanol–water partition coefficient (Wildman–Crippen LogP) is 2.65. The van der Waals surface area contributed by atoms with Crippen LogP contribution in [-0.2, 0) is 20.7 Å². The normalized spacial score (nSPS) is 22.5. The lowest BCUT2D eigenvalue weighted by atomic mass is 9.87. The summed E-state index contributed by atoms with van der Waals surface area (Å²) in [6, 6.07) is 15.6. The molecule has 0 radical (unpaired) electrons. The van der Waals surface area contributed by atoms with Crippen molar-refractivity contribution in [2.75, 3.05) is 37.7 Å². The highest BCUT2D eigenvalue weighted by molar-refractivity contribution is 5.94. The molecule has 0 N–H and O–H groups in total. The number of likely N-dealkylation sites (tertiary alicyclic amines) is 1. The minimum absolute atomic E-state index is 0.0188. The summed E-state index contributed by atoms with van der Waals surface area (Å²) >= 11 is 0. The maximum absolute atomic E-state index is 13.1. The van der Waals surface area contributed by atoms with E-state index in [4.69, 9.17) is 4.74 Å². The largest absolute Gasteiger partial charge is 0.371 e. The van der Waals surface area contributed by atoms with Crippen LogP contribution in [0.1, 0.15) is 12.0 Å². The van der Waals surface area contributed by atoms with Gasteiger partial charge in [-0.2, -0.15) is 0 Å². The maximum Gasteiger partial charge on any atom is 0.252 e. The third-order valence-electron chi connectivity index (χ3n) is 5.56. The lowest BCUT2D eigenvalue weighted by molar-refractivity contribution is -0.130. The fourth-order valence-electron chi connectivity index (χ4n) is 4.03. The van der Waals surface area contributed by atoms with E-state index in [0.717, 1.165) is 17.7 Å². The van der Waals surface area contributed by atoms with Gasteiger partial charge in [-0.05, 0) is 36.2 Å². The van der Waals surface area contributed by atoms with E-state index in [9.17, 15) is 14.0 Å². The van der Waals surface area contributed by atoms with E-state index in [1.54, 1.807) is 17.0 Å². The molecule has 0 aliphatic carbocycles. The fourth-order valence-corrected chi connectivity index (χ4v) is 4.03. The van der Waals surface area contributed by atoms with Gasteiger partial charge in [-0.3, -0.25) is 9.59 Å². The van der Waals surface area contributed by atoms with Gasteiger partial charge in [0, 0.05) is 30.7 Å². The Morgan fingerprint density at radius 2 is 1.82 bits per heavy atom. The molecule has 2 aliphatic rings. The molecular weight excluding hydrogens is 359 g/mol. The van der Waals surface area contributed by atoms with Gasteiger partial charge in [-0.1, -0.05) is 30.3 Å². The van der Waals surface area contributed by atoms with Crippen molar-refractivity contribution in [3.05, 3.63) is 66.0 Å². The molecule has 2 heterocycles. The number of anilines is 1. The van der Waals surface area contributed by atoms with E-state index >= 15 is 0 Å². The molecule has 0 saturated carbocycles. The highest BCUT2D eigenvalue weighted by Gasteiger charge is 2.44. The van der Waals surface area contributed by atoms with Crippen LogP contribution >= 0.6 is 0 Å². The van der Waals surface area contributed by atoms with Crippen LogP contribution in [0.15, 0.2) is 54.6 Å². The number of ether oxygens (including phenoxy) is 1. The van der Waals surface area contributed by atoms with Crippen molar-refractivity contribution in [1.82, 2.24) is 4.90 Å². The van der Waals surface area contributed by atoms with Crippen molar-refractivity contribution < 1.29 is 18.7 Å². The van der Waals surface area contributed by atoms with Crippen LogP contribution in [0.25, 0.3) is 0 Å². The zero-order chi connectivity index (χ0) is 19.6. The van der Waals surface area contributed by atoms with Crippen molar-refractivity contribution in [3.63, 3.8) is 0 Å². The second-order valence-electron chi connectivity index (χ2n) is 7.68. The minimum atomic E-state index is -0.308. The SMILES string of the molecule is O=C(Cc1ccc(F)cc1)N1CCC2(COCC(=O)N(c3ccccc3)C2)C1. The number of benzene rings is 2. The summed E-state index contributed by atoms with van der Waals surface area (Å²) in [5.74, 6) is -0.345. The standard InChI is InChI=1S/C22H23FN2O3/c23-18-8-6-17(7-9-18)12-20(26)24-11-10-22(14-24)15-25(21(27)13-28-16-22)19-4-2-1-3-5-19/h1-9H,10-16H2. The van der Waals surface area contributed by atoms with E-state index in [-0.39, 0.29) is 36.1 Å². The third-order valence-corrected chi connectivity index (χ3v) is 5.56. The molecule has 2 aromatic carbocycles. The number of carbonyl (C=O) groups is 2. The van der Waals surface area contributed by atoms with Gasteiger partial charge in [0.2, 0.25) is 5.91 Å². The molecule has 6 heteroatoms. The van der Waals surface area contributed by atoms with Crippen LogP contribution in [-0.4, -0.2) is 49.6 Å². The minimum Gasteiger partial charge on any atom is -0.371 e. The Hall–Kier alpha value is -2.73. The highest BCUT2D eigenvalue weighted by Crippen LogP contribution is 2.35. The highest BCUT2D eigenvalue weighted by atomic mass is 19.1. The number of hydrogen-bond acceptors (Lipinski definition) is 3. The fraction of sp³-hybridized carbons (Fsp3) is 0.364. The van der Waals surface area contributed by atoms with Crippen LogP contribution in [0.4, 0.5) is 10.1 Å². The molecule has 4 rings (SSSR count). The molecule has 2 aliphatic heterocycles. The molecule has 2 fully saturated rings. The van der Waals surface area contributed by atoms with Crippen molar-refractivity contribution in [1.29, 1.82) is 0 Å². The predicted molar refractivity (Wildman–Crippen MR) is 103 cm³/mol. The van der Waals surface area contributed by atoms with Gasteiger partial charge in [0.25, 0.3) is 5.91 Å². The Kier molecular flexibility index (Phi) is 5.13. The second-order valence-corrected chi connectivity index (χ2v) is 7.68. The van der Waals surface area contributed by atoms with Gasteiger partial charge >= 0.3 is 0 Å². The first kappa shape index (κ1) is 18.6. The topological polar surface area (TPSA) is 49.9 Å². The Morgan fingerprint density at radius 3 is 2.57 bits per heavy atom. The summed E-state index contributed by atoms with van der Waals surface area (Å²) in [6.45, 7) is 2.25. The Morgan fingerprint density at radius 1 is 1.07 bits per heavy atom. The molecule has 2 amide bonds. The first-order valence-corrected chi connectivity index (χ1v) is 9.50. The Bertz CT molecular complexity index is 856. The summed E-state index contributed by atoms with van der Waals surface area (Å²) in [4.78, 5) is 28.9. The van der Waals surface area contributed by atoms with E-state index in [2.05, 4.69) is 0 Å². The smallest absolute Gasteiger partial charge is 0.252 e. The third kappa shape index (κ3) is 3.92. The van der Waals surface area contributed by atoms with Crippen molar-refractivity contribution in [2.45, 2.75) is 12.8 Å². The summed E-state index contributed by atoms with van der Waals surface area (Å²) in [5.41, 5.74) is 1.39. The summed E-state index contributed by atoms with van der Waals surface area (Å²) in [7, 11) is 0. The maximum atomic E-state index is 13.1. The molecular formula is C22H23FN2O3. The zero-order valence-corrected chi connectivity index (χ0v) is 15.6. The summed E-state index contributed by atoms with van der Waals surface area (Å²) < 4.78 is 18.8. The van der Waals surface area contributed by atoms with Crippen molar-refractivity contribution in [3.8, 4) is 0 Å². The van der Waals surface area contributed by atoms with Crippen molar-refractivity contribution in [2.24, 2.45) is 5.41 Å². The number of para-hydroxylation sites is 1. The van der Waals surface area contributed by atoms with E-state index in [1.165, 1.54) is 12.1 Å². The Balaban J connectivity index is 1.47. The number of hydrogen-bond donors (Lipinski definition) is 0. The summed E-state index contributed by atoms with van der Waals surface area (Å²) in [5, 5.41) is 0. The van der Waals surface area contributed by atoms with Crippen LogP contribution in [0, 0.1) is 11.2 Å². The average molecular weight is 382 g/mol. The number of nitrogens with zero attached hydrogens (tertiary/aromatic N) is 2. The summed E-state index contributed by atoms with van der Waals surface area (Å²) in [6.07, 6.45) is 1.04. The number of rotatable bonds is 3. The van der Waals surface area contributed by atoms with Gasteiger partial charge in [0.15, 0.2) is 0 Å².